The quantitative estimate of drug-likeness (QED) is 0.794. The monoisotopic (exact) mass is 314 g/mol. The van der Waals surface area contributed by atoms with Gasteiger partial charge in [0.25, 0.3) is 0 Å². The van der Waals surface area contributed by atoms with Gasteiger partial charge in [0.05, 0.1) is 13.2 Å². The molecule has 0 amide bonds. The van der Waals surface area contributed by atoms with E-state index < -0.39 is 0 Å². The average Bonchev–Trinajstić information content (AvgIpc) is 2.59. The minimum absolute atomic E-state index is 0.196. The minimum Gasteiger partial charge on any atom is -0.497 e. The van der Waals surface area contributed by atoms with E-state index in [-0.39, 0.29) is 6.04 Å². The van der Waals surface area contributed by atoms with E-state index in [4.69, 9.17) is 17.0 Å². The highest BCUT2D eigenvalue weighted by molar-refractivity contribution is 7.80. The molecule has 0 fully saturated rings. The number of benzene rings is 2. The zero-order valence-corrected chi connectivity index (χ0v) is 13.8. The van der Waals surface area contributed by atoms with E-state index in [0.717, 1.165) is 18.7 Å². The topological polar surface area (TPSA) is 33.3 Å². The molecule has 0 radical (unpaired) electrons. The van der Waals surface area contributed by atoms with Gasteiger partial charge in [-0.3, -0.25) is 0 Å². The Hall–Kier alpha value is -2.07. The molecular weight excluding hydrogens is 292 g/mol. The van der Waals surface area contributed by atoms with Gasteiger partial charge in [0.1, 0.15) is 5.75 Å². The summed E-state index contributed by atoms with van der Waals surface area (Å²) in [6.07, 6.45) is 0.958. The molecule has 3 nitrogen and oxygen atoms in total. The normalized spacial score (nSPS) is 11.5. The second kappa shape index (κ2) is 8.39. The van der Waals surface area contributed by atoms with Gasteiger partial charge in [-0.05, 0) is 41.9 Å². The fraction of sp³-hybridized carbons (Fsp3) is 0.278. The molecule has 0 aliphatic heterocycles. The Morgan fingerprint density at radius 3 is 2.36 bits per heavy atom. The number of methoxy groups -OCH3 is 1. The fourth-order valence-electron chi connectivity index (χ4n) is 2.24. The van der Waals surface area contributed by atoms with Crippen LogP contribution < -0.4 is 15.4 Å². The number of hydrogen-bond acceptors (Lipinski definition) is 2. The van der Waals surface area contributed by atoms with Gasteiger partial charge in [-0.15, -0.1) is 0 Å². The van der Waals surface area contributed by atoms with Crippen LogP contribution >= 0.6 is 12.2 Å². The van der Waals surface area contributed by atoms with E-state index in [1.54, 1.807) is 7.11 Å². The highest BCUT2D eigenvalue weighted by Gasteiger charge is 2.10. The molecule has 0 saturated carbocycles. The van der Waals surface area contributed by atoms with E-state index >= 15 is 0 Å². The van der Waals surface area contributed by atoms with Crippen molar-refractivity contribution in [1.29, 1.82) is 0 Å². The molecule has 0 heterocycles. The lowest BCUT2D eigenvalue weighted by molar-refractivity contribution is 0.414. The van der Waals surface area contributed by atoms with Crippen molar-refractivity contribution in [2.75, 3.05) is 7.11 Å². The Bertz CT molecular complexity index is 584. The van der Waals surface area contributed by atoms with Gasteiger partial charge in [-0.25, -0.2) is 0 Å². The molecule has 0 aliphatic rings. The average molecular weight is 314 g/mol. The van der Waals surface area contributed by atoms with Crippen LogP contribution in [0.25, 0.3) is 0 Å². The van der Waals surface area contributed by atoms with Gasteiger partial charge in [0.15, 0.2) is 5.11 Å². The van der Waals surface area contributed by atoms with Crippen LogP contribution in [0.1, 0.15) is 30.5 Å². The SMILES string of the molecule is CC[C@H](NC(=S)NCc1ccccc1)c1ccc(OC)cc1. The van der Waals surface area contributed by atoms with Crippen LogP contribution in [-0.2, 0) is 6.54 Å². The molecule has 0 aliphatic carbocycles. The van der Waals surface area contributed by atoms with Crippen molar-refractivity contribution in [2.24, 2.45) is 0 Å². The summed E-state index contributed by atoms with van der Waals surface area (Å²) in [7, 11) is 1.67. The maximum Gasteiger partial charge on any atom is 0.167 e. The van der Waals surface area contributed by atoms with Gasteiger partial charge in [-0.2, -0.15) is 0 Å². The summed E-state index contributed by atoms with van der Waals surface area (Å²) in [5.41, 5.74) is 2.41. The molecule has 0 bridgehead atoms. The molecule has 2 aromatic rings. The van der Waals surface area contributed by atoms with Crippen molar-refractivity contribution in [3.63, 3.8) is 0 Å². The van der Waals surface area contributed by atoms with E-state index in [2.05, 4.69) is 41.8 Å². The van der Waals surface area contributed by atoms with Crippen molar-refractivity contribution < 1.29 is 4.74 Å². The van der Waals surface area contributed by atoms with Crippen molar-refractivity contribution in [2.45, 2.75) is 25.9 Å². The highest BCUT2D eigenvalue weighted by atomic mass is 32.1. The molecule has 22 heavy (non-hydrogen) atoms. The first-order chi connectivity index (χ1) is 10.7. The lowest BCUT2D eigenvalue weighted by Crippen LogP contribution is -2.37. The third kappa shape index (κ3) is 4.74. The summed E-state index contributed by atoms with van der Waals surface area (Å²) in [6, 6.07) is 18.5. The standard InChI is InChI=1S/C18H22N2OS/c1-3-17(15-9-11-16(21-2)12-10-15)20-18(22)19-13-14-7-5-4-6-8-14/h4-12,17H,3,13H2,1-2H3,(H2,19,20,22)/t17-/m0/s1. The second-order valence-electron chi connectivity index (χ2n) is 5.05. The van der Waals surface area contributed by atoms with E-state index in [9.17, 15) is 0 Å². The molecule has 0 aromatic heterocycles. The molecule has 0 spiro atoms. The third-order valence-corrected chi connectivity index (χ3v) is 3.79. The van der Waals surface area contributed by atoms with E-state index in [0.29, 0.717) is 5.11 Å². The summed E-state index contributed by atoms with van der Waals surface area (Å²) >= 11 is 5.40. The predicted molar refractivity (Wildman–Crippen MR) is 95.0 cm³/mol. The molecule has 2 N–H and O–H groups in total. The molecule has 116 valence electrons. The summed E-state index contributed by atoms with van der Waals surface area (Å²) in [6.45, 7) is 2.87. The Morgan fingerprint density at radius 1 is 1.09 bits per heavy atom. The Kier molecular flexibility index (Phi) is 6.22. The Balaban J connectivity index is 1.90. The molecule has 2 aromatic carbocycles. The highest BCUT2D eigenvalue weighted by Crippen LogP contribution is 2.19. The first-order valence-electron chi connectivity index (χ1n) is 7.45. The molecule has 2 rings (SSSR count). The van der Waals surface area contributed by atoms with Crippen LogP contribution in [0.5, 0.6) is 5.75 Å². The number of ether oxygens (including phenoxy) is 1. The Morgan fingerprint density at radius 2 is 1.77 bits per heavy atom. The minimum atomic E-state index is 0.196. The first kappa shape index (κ1) is 16.3. The molecule has 1 atom stereocenters. The second-order valence-corrected chi connectivity index (χ2v) is 5.45. The first-order valence-corrected chi connectivity index (χ1v) is 7.86. The summed E-state index contributed by atoms with van der Waals surface area (Å²) in [4.78, 5) is 0. The van der Waals surface area contributed by atoms with Crippen LogP contribution in [-0.4, -0.2) is 12.2 Å². The zero-order valence-electron chi connectivity index (χ0n) is 13.0. The maximum atomic E-state index is 5.40. The molecule has 0 saturated heterocycles. The number of thiocarbonyl (C=S) groups is 1. The number of hydrogen-bond donors (Lipinski definition) is 2. The number of nitrogens with one attached hydrogen (secondary N) is 2. The lowest BCUT2D eigenvalue weighted by atomic mass is 10.0. The molecule has 4 heteroatoms. The summed E-state index contributed by atoms with van der Waals surface area (Å²) in [5.74, 6) is 0.864. The van der Waals surface area contributed by atoms with E-state index in [1.807, 2.05) is 30.3 Å². The van der Waals surface area contributed by atoms with Gasteiger partial charge < -0.3 is 15.4 Å². The summed E-state index contributed by atoms with van der Waals surface area (Å²) in [5, 5.41) is 7.29. The van der Waals surface area contributed by atoms with Crippen molar-refractivity contribution in [1.82, 2.24) is 10.6 Å². The Labute approximate surface area is 137 Å². The lowest BCUT2D eigenvalue weighted by Gasteiger charge is -2.20. The molecule has 0 unspecified atom stereocenters. The van der Waals surface area contributed by atoms with Crippen molar-refractivity contribution >= 4 is 17.3 Å². The van der Waals surface area contributed by atoms with Gasteiger partial charge >= 0.3 is 0 Å². The van der Waals surface area contributed by atoms with Crippen LogP contribution in [0, 0.1) is 0 Å². The predicted octanol–water partition coefficient (Wildman–Crippen LogP) is 3.81. The van der Waals surface area contributed by atoms with Gasteiger partial charge in [-0.1, -0.05) is 49.4 Å². The fourth-order valence-corrected chi connectivity index (χ4v) is 2.46. The van der Waals surface area contributed by atoms with Crippen molar-refractivity contribution in [3.8, 4) is 5.75 Å². The largest absolute Gasteiger partial charge is 0.497 e. The van der Waals surface area contributed by atoms with Crippen LogP contribution in [0.4, 0.5) is 0 Å². The van der Waals surface area contributed by atoms with Crippen LogP contribution in [0.2, 0.25) is 0 Å². The van der Waals surface area contributed by atoms with Crippen LogP contribution in [0.3, 0.4) is 0 Å². The number of rotatable bonds is 6. The smallest absolute Gasteiger partial charge is 0.167 e. The van der Waals surface area contributed by atoms with E-state index in [1.165, 1.54) is 11.1 Å². The third-order valence-electron chi connectivity index (χ3n) is 3.53. The van der Waals surface area contributed by atoms with Crippen molar-refractivity contribution in [3.05, 3.63) is 65.7 Å². The van der Waals surface area contributed by atoms with Gasteiger partial charge in [0.2, 0.25) is 0 Å². The van der Waals surface area contributed by atoms with Gasteiger partial charge in [0, 0.05) is 6.54 Å². The maximum absolute atomic E-state index is 5.40. The molecular formula is C18H22N2OS. The zero-order chi connectivity index (χ0) is 15.8. The van der Waals surface area contributed by atoms with Crippen LogP contribution in [0.15, 0.2) is 54.6 Å². The summed E-state index contributed by atoms with van der Waals surface area (Å²) < 4.78 is 5.19.